The summed E-state index contributed by atoms with van der Waals surface area (Å²) >= 11 is 6.44. The average molecular weight is 490 g/mol. The van der Waals surface area contributed by atoms with Crippen LogP contribution in [0.3, 0.4) is 0 Å². The molecule has 9 heteroatoms. The smallest absolute Gasteiger partial charge is 0.269 e. The zero-order chi connectivity index (χ0) is 24.9. The molecule has 0 aliphatic carbocycles. The molecular formula is C26H20ClN3O5. The van der Waals surface area contributed by atoms with Gasteiger partial charge in [0, 0.05) is 24.4 Å². The van der Waals surface area contributed by atoms with E-state index in [0.29, 0.717) is 23.4 Å². The van der Waals surface area contributed by atoms with Gasteiger partial charge in [-0.25, -0.2) is 0 Å². The third-order valence-electron chi connectivity index (χ3n) is 5.58. The van der Waals surface area contributed by atoms with Gasteiger partial charge < -0.3 is 14.4 Å². The first-order valence-electron chi connectivity index (χ1n) is 10.7. The van der Waals surface area contributed by atoms with Gasteiger partial charge in [-0.2, -0.15) is 5.26 Å². The van der Waals surface area contributed by atoms with Crippen molar-refractivity contribution >= 4 is 35.0 Å². The summed E-state index contributed by atoms with van der Waals surface area (Å²) in [6.45, 7) is 0.621. The Kier molecular flexibility index (Phi) is 6.99. The van der Waals surface area contributed by atoms with E-state index in [9.17, 15) is 20.2 Å². The Morgan fingerprint density at radius 1 is 1.23 bits per heavy atom. The number of benzene rings is 3. The largest absolute Gasteiger partial charge is 0.493 e. The number of ether oxygens (including phenoxy) is 2. The van der Waals surface area contributed by atoms with Crippen molar-refractivity contribution in [3.8, 4) is 17.6 Å². The van der Waals surface area contributed by atoms with Gasteiger partial charge in [-0.3, -0.25) is 14.9 Å². The zero-order valence-electron chi connectivity index (χ0n) is 18.7. The Labute approximate surface area is 206 Å². The minimum atomic E-state index is -0.473. The molecule has 176 valence electrons. The summed E-state index contributed by atoms with van der Waals surface area (Å²) < 4.78 is 11.2. The molecule has 0 bridgehead atoms. The number of amides is 1. The number of nitro benzene ring substituents is 1. The van der Waals surface area contributed by atoms with Gasteiger partial charge in [0.1, 0.15) is 18.2 Å². The summed E-state index contributed by atoms with van der Waals surface area (Å²) in [5.41, 5.74) is 3.05. The fourth-order valence-corrected chi connectivity index (χ4v) is 4.11. The van der Waals surface area contributed by atoms with Gasteiger partial charge >= 0.3 is 0 Å². The van der Waals surface area contributed by atoms with Crippen LogP contribution in [0.25, 0.3) is 6.08 Å². The summed E-state index contributed by atoms with van der Waals surface area (Å²) in [6, 6.07) is 18.8. The lowest BCUT2D eigenvalue weighted by Gasteiger charge is -2.17. The van der Waals surface area contributed by atoms with Crippen molar-refractivity contribution < 1.29 is 19.2 Å². The SMILES string of the molecule is COc1cc(/C=C(\C#N)C(=O)N2CCc3ccccc32)cc(Cl)c1OCc1ccc([N+](=O)[O-])cc1. The highest BCUT2D eigenvalue weighted by Crippen LogP contribution is 2.38. The quantitative estimate of drug-likeness (QED) is 0.192. The molecule has 0 spiro atoms. The van der Waals surface area contributed by atoms with Crippen LogP contribution in [0.4, 0.5) is 11.4 Å². The zero-order valence-corrected chi connectivity index (χ0v) is 19.5. The normalized spacial score (nSPS) is 12.6. The van der Waals surface area contributed by atoms with Crippen LogP contribution >= 0.6 is 11.6 Å². The fraction of sp³-hybridized carbons (Fsp3) is 0.154. The van der Waals surface area contributed by atoms with E-state index >= 15 is 0 Å². The molecule has 0 fully saturated rings. The number of nitrogens with zero attached hydrogens (tertiary/aromatic N) is 3. The van der Waals surface area contributed by atoms with E-state index in [-0.39, 0.29) is 34.5 Å². The Bertz CT molecular complexity index is 1360. The molecule has 3 aromatic rings. The van der Waals surface area contributed by atoms with Crippen LogP contribution in [-0.4, -0.2) is 24.5 Å². The number of carbonyl (C=O) groups is 1. The van der Waals surface area contributed by atoms with Crippen LogP contribution in [0.5, 0.6) is 11.5 Å². The molecule has 8 nitrogen and oxygen atoms in total. The minimum absolute atomic E-state index is 0.0132. The predicted octanol–water partition coefficient (Wildman–Crippen LogP) is 5.33. The maximum Gasteiger partial charge on any atom is 0.269 e. The second kappa shape index (κ2) is 10.3. The standard InChI is InChI=1S/C26H20ClN3O5/c1-34-24-14-18(12-20(15-28)26(31)29-11-10-19-4-2-3-5-23(19)29)13-22(27)25(24)35-16-17-6-8-21(9-7-17)30(32)33/h2-9,12-14H,10-11,16H2,1H3/b20-12+. The second-order valence-corrected chi connectivity index (χ2v) is 8.16. The van der Waals surface area contributed by atoms with Crippen molar-refractivity contribution in [3.05, 3.63) is 98.1 Å². The van der Waals surface area contributed by atoms with Crippen LogP contribution in [0.1, 0.15) is 16.7 Å². The van der Waals surface area contributed by atoms with Crippen molar-refractivity contribution in [1.29, 1.82) is 5.26 Å². The molecule has 0 saturated heterocycles. The molecule has 1 aliphatic rings. The molecule has 1 amide bonds. The molecule has 4 rings (SSSR count). The van der Waals surface area contributed by atoms with Crippen molar-refractivity contribution in [2.24, 2.45) is 0 Å². The van der Waals surface area contributed by atoms with Gasteiger partial charge in [0.2, 0.25) is 0 Å². The van der Waals surface area contributed by atoms with Crippen LogP contribution in [0.15, 0.2) is 66.2 Å². The first kappa shape index (κ1) is 23.8. The predicted molar refractivity (Wildman–Crippen MR) is 132 cm³/mol. The maximum absolute atomic E-state index is 13.1. The van der Waals surface area contributed by atoms with E-state index < -0.39 is 4.92 Å². The highest BCUT2D eigenvalue weighted by molar-refractivity contribution is 6.32. The molecule has 35 heavy (non-hydrogen) atoms. The molecule has 0 saturated carbocycles. The number of carbonyl (C=O) groups excluding carboxylic acids is 1. The number of methoxy groups -OCH3 is 1. The van der Waals surface area contributed by atoms with Gasteiger partial charge in [0.05, 0.1) is 17.1 Å². The molecule has 0 N–H and O–H groups in total. The van der Waals surface area contributed by atoms with Crippen molar-refractivity contribution in [3.63, 3.8) is 0 Å². The Morgan fingerprint density at radius 2 is 1.97 bits per heavy atom. The van der Waals surface area contributed by atoms with E-state index in [1.165, 1.54) is 25.3 Å². The molecule has 1 heterocycles. The van der Waals surface area contributed by atoms with Gasteiger partial charge in [0.25, 0.3) is 11.6 Å². The summed E-state index contributed by atoms with van der Waals surface area (Å²) in [7, 11) is 1.45. The van der Waals surface area contributed by atoms with Gasteiger partial charge in [-0.15, -0.1) is 0 Å². The molecule has 1 aliphatic heterocycles. The van der Waals surface area contributed by atoms with Crippen LogP contribution in [0, 0.1) is 21.4 Å². The number of hydrogen-bond donors (Lipinski definition) is 0. The van der Waals surface area contributed by atoms with E-state index in [1.807, 2.05) is 30.3 Å². The number of fused-ring (bicyclic) bond motifs is 1. The second-order valence-electron chi connectivity index (χ2n) is 7.75. The van der Waals surface area contributed by atoms with Crippen molar-refractivity contribution in [2.75, 3.05) is 18.6 Å². The monoisotopic (exact) mass is 489 g/mol. The fourth-order valence-electron chi connectivity index (χ4n) is 3.84. The summed E-state index contributed by atoms with van der Waals surface area (Å²) in [5, 5.41) is 20.7. The highest BCUT2D eigenvalue weighted by Gasteiger charge is 2.26. The lowest BCUT2D eigenvalue weighted by Crippen LogP contribution is -2.29. The van der Waals surface area contributed by atoms with Crippen LogP contribution in [-0.2, 0) is 17.8 Å². The molecule has 3 aromatic carbocycles. The van der Waals surface area contributed by atoms with Crippen molar-refractivity contribution in [2.45, 2.75) is 13.0 Å². The lowest BCUT2D eigenvalue weighted by atomic mass is 10.1. The summed E-state index contributed by atoms with van der Waals surface area (Å²) in [5.74, 6) is 0.218. The average Bonchev–Trinajstić information content (AvgIpc) is 3.30. The number of non-ortho nitro benzene ring substituents is 1. The highest BCUT2D eigenvalue weighted by atomic mass is 35.5. The number of rotatable bonds is 7. The van der Waals surface area contributed by atoms with E-state index in [4.69, 9.17) is 21.1 Å². The molecule has 0 atom stereocenters. The molecule has 0 radical (unpaired) electrons. The number of hydrogen-bond acceptors (Lipinski definition) is 6. The van der Waals surface area contributed by atoms with Crippen molar-refractivity contribution in [1.82, 2.24) is 0 Å². The van der Waals surface area contributed by atoms with E-state index in [0.717, 1.165) is 17.7 Å². The Balaban J connectivity index is 1.55. The maximum atomic E-state index is 13.1. The first-order chi connectivity index (χ1) is 16.9. The number of nitriles is 1. The summed E-state index contributed by atoms with van der Waals surface area (Å²) in [6.07, 6.45) is 2.21. The summed E-state index contributed by atoms with van der Waals surface area (Å²) in [4.78, 5) is 25.0. The van der Waals surface area contributed by atoms with E-state index in [2.05, 4.69) is 0 Å². The molecule has 0 unspecified atom stereocenters. The van der Waals surface area contributed by atoms with Crippen LogP contribution in [0.2, 0.25) is 5.02 Å². The molecule has 0 aromatic heterocycles. The molecular weight excluding hydrogens is 470 g/mol. The Morgan fingerprint density at radius 3 is 2.66 bits per heavy atom. The van der Waals surface area contributed by atoms with Crippen LogP contribution < -0.4 is 14.4 Å². The third kappa shape index (κ3) is 5.10. The third-order valence-corrected chi connectivity index (χ3v) is 5.86. The topological polar surface area (TPSA) is 106 Å². The first-order valence-corrected chi connectivity index (χ1v) is 11.0. The number of anilines is 1. The minimum Gasteiger partial charge on any atom is -0.493 e. The van der Waals surface area contributed by atoms with Gasteiger partial charge in [-0.05, 0) is 59.5 Å². The van der Waals surface area contributed by atoms with Gasteiger partial charge in [-0.1, -0.05) is 29.8 Å². The van der Waals surface area contributed by atoms with Gasteiger partial charge in [0.15, 0.2) is 11.5 Å². The van der Waals surface area contributed by atoms with E-state index in [1.54, 1.807) is 29.2 Å². The number of halogens is 1. The lowest BCUT2D eigenvalue weighted by molar-refractivity contribution is -0.384. The Hall–Kier alpha value is -4.35. The number of para-hydroxylation sites is 1. The number of nitro groups is 1.